The van der Waals surface area contributed by atoms with Crippen LogP contribution in [0, 0.1) is 5.82 Å². The number of carbonyl (C=O) groups excluding carboxylic acids is 2. The predicted octanol–water partition coefficient (Wildman–Crippen LogP) is 2.82. The summed E-state index contributed by atoms with van der Waals surface area (Å²) in [5.74, 6) is -1.32. The Morgan fingerprint density at radius 2 is 2.08 bits per heavy atom. The largest absolute Gasteiger partial charge is 0.485 e. The van der Waals surface area contributed by atoms with Crippen LogP contribution < -0.4 is 4.74 Å². The van der Waals surface area contributed by atoms with Crippen LogP contribution in [0.4, 0.5) is 4.39 Å². The van der Waals surface area contributed by atoms with Gasteiger partial charge in [0, 0.05) is 23.3 Å². The zero-order valence-corrected chi connectivity index (χ0v) is 15.5. The van der Waals surface area contributed by atoms with Gasteiger partial charge in [0.25, 0.3) is 5.91 Å². The van der Waals surface area contributed by atoms with Gasteiger partial charge in [0.15, 0.2) is 11.6 Å². The fraction of sp³-hybridized carbons (Fsp3) is 0.278. The molecule has 0 radical (unpaired) electrons. The van der Waals surface area contributed by atoms with Gasteiger partial charge in [-0.1, -0.05) is 12.1 Å². The molecule has 0 N–H and O–H groups in total. The van der Waals surface area contributed by atoms with E-state index >= 15 is 0 Å². The summed E-state index contributed by atoms with van der Waals surface area (Å²) >= 11 is 3.27. The smallest absolute Gasteiger partial charge is 0.328 e. The number of halogens is 2. The number of rotatable bonds is 4. The predicted molar refractivity (Wildman–Crippen MR) is 94.2 cm³/mol. The summed E-state index contributed by atoms with van der Waals surface area (Å²) in [7, 11) is 1.26. The minimum Gasteiger partial charge on any atom is -0.485 e. The van der Waals surface area contributed by atoms with Gasteiger partial charge in [0.1, 0.15) is 12.1 Å². The Morgan fingerprint density at radius 1 is 1.31 bits per heavy atom. The van der Waals surface area contributed by atoms with Gasteiger partial charge >= 0.3 is 5.97 Å². The highest BCUT2D eigenvalue weighted by atomic mass is 79.9. The van der Waals surface area contributed by atoms with Crippen LogP contribution in [0.25, 0.3) is 0 Å². The number of pyridine rings is 1. The quantitative estimate of drug-likeness (QED) is 0.708. The van der Waals surface area contributed by atoms with E-state index in [1.807, 2.05) is 0 Å². The number of nitrogens with zero attached hydrogens (tertiary/aromatic N) is 2. The zero-order valence-electron chi connectivity index (χ0n) is 13.9. The summed E-state index contributed by atoms with van der Waals surface area (Å²) in [6.45, 7) is 0.138. The SMILES string of the molecule is COC(=O)C1CC(Oc2ccccc2F)CN1C(=O)c1cncc(Br)c1. The number of hydrogen-bond acceptors (Lipinski definition) is 5. The van der Waals surface area contributed by atoms with Gasteiger partial charge in [0.2, 0.25) is 0 Å². The summed E-state index contributed by atoms with van der Waals surface area (Å²) in [6.07, 6.45) is 2.67. The van der Waals surface area contributed by atoms with Crippen LogP contribution in [-0.4, -0.2) is 47.6 Å². The lowest BCUT2D eigenvalue weighted by Crippen LogP contribution is -2.41. The Bertz CT molecular complexity index is 832. The third-order valence-corrected chi connectivity index (χ3v) is 4.51. The standard InChI is InChI=1S/C18H16BrFN2O4/c1-25-18(24)15-7-13(26-16-5-3-2-4-14(16)20)10-22(15)17(23)11-6-12(19)9-21-8-11/h2-6,8-9,13,15H,7,10H2,1H3. The van der Waals surface area contributed by atoms with Crippen molar-refractivity contribution in [3.05, 3.63) is 58.6 Å². The van der Waals surface area contributed by atoms with Gasteiger partial charge in [0.05, 0.1) is 19.2 Å². The number of amides is 1. The molecule has 1 aliphatic rings. The van der Waals surface area contributed by atoms with E-state index in [1.54, 1.807) is 24.4 Å². The van der Waals surface area contributed by atoms with Crippen molar-refractivity contribution in [2.24, 2.45) is 0 Å². The molecule has 26 heavy (non-hydrogen) atoms. The summed E-state index contributed by atoms with van der Waals surface area (Å²) in [6, 6.07) is 6.83. The van der Waals surface area contributed by atoms with E-state index in [-0.39, 0.29) is 24.6 Å². The molecule has 1 aromatic carbocycles. The van der Waals surface area contributed by atoms with E-state index in [2.05, 4.69) is 20.9 Å². The minimum atomic E-state index is -0.803. The third kappa shape index (κ3) is 3.85. The number of para-hydroxylation sites is 1. The summed E-state index contributed by atoms with van der Waals surface area (Å²) < 4.78 is 24.9. The van der Waals surface area contributed by atoms with E-state index in [1.165, 1.54) is 30.3 Å². The first kappa shape index (κ1) is 18.3. The molecule has 0 spiro atoms. The van der Waals surface area contributed by atoms with Crippen LogP contribution >= 0.6 is 15.9 Å². The summed E-state index contributed by atoms with van der Waals surface area (Å²) in [5.41, 5.74) is 0.333. The lowest BCUT2D eigenvalue weighted by Gasteiger charge is -2.22. The Balaban J connectivity index is 1.82. The van der Waals surface area contributed by atoms with Crippen molar-refractivity contribution in [3.63, 3.8) is 0 Å². The molecule has 6 nitrogen and oxygen atoms in total. The van der Waals surface area contributed by atoms with E-state index in [9.17, 15) is 14.0 Å². The molecule has 0 saturated carbocycles. The van der Waals surface area contributed by atoms with Crippen molar-refractivity contribution in [3.8, 4) is 5.75 Å². The molecule has 8 heteroatoms. The molecule has 1 amide bonds. The minimum absolute atomic E-state index is 0.0829. The summed E-state index contributed by atoms with van der Waals surface area (Å²) in [4.78, 5) is 30.3. The number of hydrogen-bond donors (Lipinski definition) is 0. The van der Waals surface area contributed by atoms with Gasteiger partial charge in [-0.3, -0.25) is 9.78 Å². The highest BCUT2D eigenvalue weighted by Gasteiger charge is 2.42. The maximum atomic E-state index is 13.8. The van der Waals surface area contributed by atoms with Crippen LogP contribution in [0.5, 0.6) is 5.75 Å². The Kier molecular flexibility index (Phi) is 5.51. The number of esters is 1. The number of benzene rings is 1. The Morgan fingerprint density at radius 3 is 2.77 bits per heavy atom. The first-order valence-electron chi connectivity index (χ1n) is 7.90. The zero-order chi connectivity index (χ0) is 18.7. The van der Waals surface area contributed by atoms with Crippen molar-refractivity contribution < 1.29 is 23.5 Å². The van der Waals surface area contributed by atoms with E-state index in [0.29, 0.717) is 10.0 Å². The van der Waals surface area contributed by atoms with Crippen molar-refractivity contribution in [2.75, 3.05) is 13.7 Å². The molecule has 2 aromatic rings. The van der Waals surface area contributed by atoms with Crippen LogP contribution in [0.3, 0.4) is 0 Å². The van der Waals surface area contributed by atoms with Crippen LogP contribution in [0.15, 0.2) is 47.2 Å². The van der Waals surface area contributed by atoms with E-state index in [0.717, 1.165) is 0 Å². The second-order valence-electron chi connectivity index (χ2n) is 5.79. The molecule has 1 saturated heterocycles. The first-order valence-corrected chi connectivity index (χ1v) is 8.69. The fourth-order valence-electron chi connectivity index (χ4n) is 2.88. The van der Waals surface area contributed by atoms with E-state index < -0.39 is 23.9 Å². The molecule has 1 aromatic heterocycles. The molecule has 0 aliphatic carbocycles. The lowest BCUT2D eigenvalue weighted by molar-refractivity contribution is -0.145. The van der Waals surface area contributed by atoms with Crippen LogP contribution in [0.2, 0.25) is 0 Å². The highest BCUT2D eigenvalue weighted by molar-refractivity contribution is 9.10. The molecule has 1 aliphatic heterocycles. The molecule has 2 heterocycles. The third-order valence-electron chi connectivity index (χ3n) is 4.08. The van der Waals surface area contributed by atoms with Gasteiger partial charge in [-0.15, -0.1) is 0 Å². The molecule has 2 unspecified atom stereocenters. The molecule has 2 atom stereocenters. The number of aromatic nitrogens is 1. The van der Waals surface area contributed by atoms with Gasteiger partial charge < -0.3 is 14.4 Å². The van der Waals surface area contributed by atoms with Crippen molar-refractivity contribution in [2.45, 2.75) is 18.6 Å². The Hall–Kier alpha value is -2.48. The van der Waals surface area contributed by atoms with Crippen LogP contribution in [0.1, 0.15) is 16.8 Å². The molecular formula is C18H16BrFN2O4. The van der Waals surface area contributed by atoms with Crippen molar-refractivity contribution >= 4 is 27.8 Å². The average molecular weight is 423 g/mol. The first-order chi connectivity index (χ1) is 12.5. The highest BCUT2D eigenvalue weighted by Crippen LogP contribution is 2.27. The molecule has 1 fully saturated rings. The average Bonchev–Trinajstić information content (AvgIpc) is 3.06. The second kappa shape index (κ2) is 7.82. The van der Waals surface area contributed by atoms with Crippen LogP contribution in [-0.2, 0) is 9.53 Å². The normalized spacial score (nSPS) is 19.3. The number of ether oxygens (including phenoxy) is 2. The Labute approximate surface area is 158 Å². The molecule has 0 bridgehead atoms. The van der Waals surface area contributed by atoms with Gasteiger partial charge in [-0.2, -0.15) is 0 Å². The van der Waals surface area contributed by atoms with Gasteiger partial charge in [-0.05, 0) is 34.1 Å². The number of methoxy groups -OCH3 is 1. The maximum Gasteiger partial charge on any atom is 0.328 e. The maximum absolute atomic E-state index is 13.8. The number of likely N-dealkylation sites (tertiary alicyclic amines) is 1. The fourth-order valence-corrected chi connectivity index (χ4v) is 3.25. The number of carbonyl (C=O) groups is 2. The van der Waals surface area contributed by atoms with E-state index in [4.69, 9.17) is 9.47 Å². The topological polar surface area (TPSA) is 68.7 Å². The monoisotopic (exact) mass is 422 g/mol. The van der Waals surface area contributed by atoms with Crippen molar-refractivity contribution in [1.29, 1.82) is 0 Å². The summed E-state index contributed by atoms with van der Waals surface area (Å²) in [5, 5.41) is 0. The lowest BCUT2D eigenvalue weighted by atomic mass is 10.2. The molecule has 136 valence electrons. The van der Waals surface area contributed by atoms with Crippen molar-refractivity contribution in [1.82, 2.24) is 9.88 Å². The molecular weight excluding hydrogens is 407 g/mol. The molecule has 3 rings (SSSR count). The second-order valence-corrected chi connectivity index (χ2v) is 6.71. The van der Waals surface area contributed by atoms with Gasteiger partial charge in [-0.25, -0.2) is 9.18 Å².